The van der Waals surface area contributed by atoms with Crippen molar-refractivity contribution in [2.45, 2.75) is 38.9 Å². The van der Waals surface area contributed by atoms with Crippen LogP contribution >= 0.6 is 0 Å². The number of halogens is 3. The van der Waals surface area contributed by atoms with E-state index in [-0.39, 0.29) is 24.8 Å². The molecule has 1 amide bonds. The highest BCUT2D eigenvalue weighted by Crippen LogP contribution is 2.32. The number of benzene rings is 1. The number of rotatable bonds is 6. The van der Waals surface area contributed by atoms with E-state index in [1.54, 1.807) is 6.07 Å². The second kappa shape index (κ2) is 7.45. The lowest BCUT2D eigenvalue weighted by molar-refractivity contribution is -0.137. The predicted molar refractivity (Wildman–Crippen MR) is 75.5 cm³/mol. The highest BCUT2D eigenvalue weighted by molar-refractivity contribution is 5.76. The van der Waals surface area contributed by atoms with Crippen LogP contribution in [0.4, 0.5) is 13.2 Å². The van der Waals surface area contributed by atoms with E-state index in [0.717, 1.165) is 12.1 Å². The monoisotopic (exact) mass is 302 g/mol. The molecule has 6 heteroatoms. The zero-order valence-electron chi connectivity index (χ0n) is 12.2. The van der Waals surface area contributed by atoms with Crippen molar-refractivity contribution in [3.05, 3.63) is 35.4 Å². The third kappa shape index (κ3) is 5.75. The molecular weight excluding hydrogens is 281 g/mol. The van der Waals surface area contributed by atoms with Crippen LogP contribution < -0.4 is 11.1 Å². The topological polar surface area (TPSA) is 55.1 Å². The number of carbonyl (C=O) groups excluding carboxylic acids is 1. The largest absolute Gasteiger partial charge is 0.416 e. The van der Waals surface area contributed by atoms with Crippen LogP contribution in [0.25, 0.3) is 0 Å². The molecule has 1 aromatic carbocycles. The number of nitrogens with one attached hydrogen (secondary N) is 1. The van der Waals surface area contributed by atoms with Gasteiger partial charge in [0.05, 0.1) is 11.6 Å². The molecule has 1 unspecified atom stereocenters. The third-order valence-corrected chi connectivity index (χ3v) is 3.03. The number of alkyl halides is 3. The molecular formula is C15H21F3N2O. The van der Waals surface area contributed by atoms with E-state index in [1.807, 2.05) is 13.8 Å². The lowest BCUT2D eigenvalue weighted by Gasteiger charge is -2.22. The summed E-state index contributed by atoms with van der Waals surface area (Å²) in [6.07, 6.45) is -3.66. The Balaban J connectivity index is 3.00. The molecule has 0 spiro atoms. The summed E-state index contributed by atoms with van der Waals surface area (Å²) in [5.74, 6) is -0.0109. The third-order valence-electron chi connectivity index (χ3n) is 3.03. The summed E-state index contributed by atoms with van der Waals surface area (Å²) < 4.78 is 38.3. The molecule has 0 heterocycles. The second-order valence-corrected chi connectivity index (χ2v) is 5.41. The van der Waals surface area contributed by atoms with Crippen LogP contribution in [-0.4, -0.2) is 12.5 Å². The zero-order chi connectivity index (χ0) is 16.0. The summed E-state index contributed by atoms with van der Waals surface area (Å²) >= 11 is 0. The van der Waals surface area contributed by atoms with E-state index in [1.165, 1.54) is 6.07 Å². The molecule has 0 bridgehead atoms. The van der Waals surface area contributed by atoms with Crippen LogP contribution in [0.3, 0.4) is 0 Å². The van der Waals surface area contributed by atoms with Crippen LogP contribution in [0.5, 0.6) is 0 Å². The number of hydrogen-bond donors (Lipinski definition) is 2. The SMILES string of the molecule is CC(C)CC(NC(=O)CCN)c1cccc(C(F)(F)F)c1. The molecule has 1 rings (SSSR count). The molecule has 1 aromatic rings. The Morgan fingerprint density at radius 3 is 2.52 bits per heavy atom. The Morgan fingerprint density at radius 2 is 2.00 bits per heavy atom. The van der Waals surface area contributed by atoms with Crippen molar-refractivity contribution in [1.29, 1.82) is 0 Å². The van der Waals surface area contributed by atoms with Crippen LogP contribution in [0, 0.1) is 5.92 Å². The molecule has 0 aliphatic carbocycles. The lowest BCUT2D eigenvalue weighted by Crippen LogP contribution is -2.31. The van der Waals surface area contributed by atoms with Crippen LogP contribution in [0.1, 0.15) is 43.9 Å². The number of hydrogen-bond acceptors (Lipinski definition) is 2. The highest BCUT2D eigenvalue weighted by atomic mass is 19.4. The Morgan fingerprint density at radius 1 is 1.33 bits per heavy atom. The van der Waals surface area contributed by atoms with Gasteiger partial charge in [-0.15, -0.1) is 0 Å². The molecule has 0 aliphatic rings. The van der Waals surface area contributed by atoms with E-state index >= 15 is 0 Å². The van der Waals surface area contributed by atoms with Gasteiger partial charge in [-0.05, 0) is 30.0 Å². The van der Waals surface area contributed by atoms with E-state index < -0.39 is 17.8 Å². The van der Waals surface area contributed by atoms with Gasteiger partial charge in [0.1, 0.15) is 0 Å². The fourth-order valence-corrected chi connectivity index (χ4v) is 2.08. The van der Waals surface area contributed by atoms with Gasteiger partial charge in [0, 0.05) is 13.0 Å². The maximum Gasteiger partial charge on any atom is 0.416 e. The van der Waals surface area contributed by atoms with E-state index in [9.17, 15) is 18.0 Å². The van der Waals surface area contributed by atoms with Crippen LogP contribution in [0.15, 0.2) is 24.3 Å². The van der Waals surface area contributed by atoms with Crippen LogP contribution in [0.2, 0.25) is 0 Å². The van der Waals surface area contributed by atoms with E-state index in [4.69, 9.17) is 5.73 Å². The van der Waals surface area contributed by atoms with Gasteiger partial charge in [0.2, 0.25) is 5.91 Å². The second-order valence-electron chi connectivity index (χ2n) is 5.41. The van der Waals surface area contributed by atoms with Crippen molar-refractivity contribution in [1.82, 2.24) is 5.32 Å². The first kappa shape index (κ1) is 17.5. The summed E-state index contributed by atoms with van der Waals surface area (Å²) in [5, 5.41) is 2.76. The van der Waals surface area contributed by atoms with Crippen molar-refractivity contribution in [2.24, 2.45) is 11.7 Å². The Hall–Kier alpha value is -1.56. The van der Waals surface area contributed by atoms with Gasteiger partial charge in [-0.2, -0.15) is 13.2 Å². The molecule has 0 aliphatic heterocycles. The van der Waals surface area contributed by atoms with Gasteiger partial charge in [-0.25, -0.2) is 0 Å². The normalized spacial score (nSPS) is 13.3. The summed E-state index contributed by atoms with van der Waals surface area (Å²) in [4.78, 5) is 11.7. The first-order valence-electron chi connectivity index (χ1n) is 6.90. The zero-order valence-corrected chi connectivity index (χ0v) is 12.2. The Labute approximate surface area is 122 Å². The minimum absolute atomic E-state index is 0.160. The van der Waals surface area contributed by atoms with Crippen molar-refractivity contribution in [3.8, 4) is 0 Å². The van der Waals surface area contributed by atoms with Crippen molar-refractivity contribution in [3.63, 3.8) is 0 Å². The lowest BCUT2D eigenvalue weighted by atomic mass is 9.95. The molecule has 3 nitrogen and oxygen atoms in total. The Kier molecular flexibility index (Phi) is 6.20. The van der Waals surface area contributed by atoms with Crippen molar-refractivity contribution < 1.29 is 18.0 Å². The number of amides is 1. The van der Waals surface area contributed by atoms with Crippen molar-refractivity contribution in [2.75, 3.05) is 6.54 Å². The van der Waals surface area contributed by atoms with E-state index in [0.29, 0.717) is 12.0 Å². The first-order valence-corrected chi connectivity index (χ1v) is 6.90. The first-order chi connectivity index (χ1) is 9.74. The minimum atomic E-state index is -4.39. The van der Waals surface area contributed by atoms with Crippen LogP contribution in [-0.2, 0) is 11.0 Å². The number of nitrogens with two attached hydrogens (primary N) is 1. The standard InChI is InChI=1S/C15H21F3N2O/c1-10(2)8-13(20-14(21)6-7-19)11-4-3-5-12(9-11)15(16,17)18/h3-5,9-10,13H,6-8,19H2,1-2H3,(H,20,21). The maximum atomic E-state index is 12.8. The van der Waals surface area contributed by atoms with Gasteiger partial charge < -0.3 is 11.1 Å². The molecule has 0 fully saturated rings. The molecule has 3 N–H and O–H groups in total. The average molecular weight is 302 g/mol. The van der Waals surface area contributed by atoms with Crippen molar-refractivity contribution >= 4 is 5.91 Å². The predicted octanol–water partition coefficient (Wildman–Crippen LogP) is 3.26. The fraction of sp³-hybridized carbons (Fsp3) is 0.533. The summed E-state index contributed by atoms with van der Waals surface area (Å²) in [7, 11) is 0. The quantitative estimate of drug-likeness (QED) is 0.847. The van der Waals surface area contributed by atoms with Gasteiger partial charge in [0.25, 0.3) is 0 Å². The van der Waals surface area contributed by atoms with Gasteiger partial charge in [-0.1, -0.05) is 26.0 Å². The summed E-state index contributed by atoms with van der Waals surface area (Å²) in [6.45, 7) is 4.12. The number of carbonyl (C=O) groups is 1. The molecule has 21 heavy (non-hydrogen) atoms. The fourth-order valence-electron chi connectivity index (χ4n) is 2.08. The molecule has 0 saturated heterocycles. The summed E-state index contributed by atoms with van der Waals surface area (Å²) in [6, 6.07) is 4.64. The smallest absolute Gasteiger partial charge is 0.349 e. The summed E-state index contributed by atoms with van der Waals surface area (Å²) in [5.41, 5.74) is 5.07. The van der Waals surface area contributed by atoms with Gasteiger partial charge in [-0.3, -0.25) is 4.79 Å². The average Bonchev–Trinajstić information content (AvgIpc) is 2.37. The van der Waals surface area contributed by atoms with E-state index in [2.05, 4.69) is 5.32 Å². The molecule has 0 radical (unpaired) electrons. The Bertz CT molecular complexity index is 472. The van der Waals surface area contributed by atoms with Gasteiger partial charge in [0.15, 0.2) is 0 Å². The minimum Gasteiger partial charge on any atom is -0.349 e. The van der Waals surface area contributed by atoms with Gasteiger partial charge >= 0.3 is 6.18 Å². The molecule has 1 atom stereocenters. The highest BCUT2D eigenvalue weighted by Gasteiger charge is 2.31. The molecule has 0 saturated carbocycles. The maximum absolute atomic E-state index is 12.8. The molecule has 0 aromatic heterocycles. The molecule has 118 valence electrons.